The van der Waals surface area contributed by atoms with E-state index in [1.165, 1.54) is 13.2 Å². The fourth-order valence-corrected chi connectivity index (χ4v) is 2.36. The summed E-state index contributed by atoms with van der Waals surface area (Å²) in [5, 5.41) is 0. The number of benzene rings is 1. The van der Waals surface area contributed by atoms with Crippen molar-refractivity contribution in [2.24, 2.45) is 11.7 Å². The Morgan fingerprint density at radius 1 is 1.56 bits per heavy atom. The van der Waals surface area contributed by atoms with E-state index in [4.69, 9.17) is 10.5 Å². The predicted molar refractivity (Wildman–Crippen MR) is 61.8 cm³/mol. The van der Waals surface area contributed by atoms with Crippen molar-refractivity contribution < 1.29 is 9.13 Å². The highest BCUT2D eigenvalue weighted by atomic mass is 19.1. The first kappa shape index (κ1) is 11.4. The first-order valence-corrected chi connectivity index (χ1v) is 5.74. The van der Waals surface area contributed by atoms with E-state index in [0.29, 0.717) is 5.92 Å². The van der Waals surface area contributed by atoms with Gasteiger partial charge >= 0.3 is 0 Å². The van der Waals surface area contributed by atoms with Crippen LogP contribution < -0.4 is 10.5 Å². The maximum absolute atomic E-state index is 13.3. The average Bonchev–Trinajstić information content (AvgIpc) is 2.92. The molecule has 1 fully saturated rings. The molecule has 1 aliphatic carbocycles. The van der Waals surface area contributed by atoms with Gasteiger partial charge in [0, 0.05) is 5.54 Å². The molecule has 1 aliphatic rings. The monoisotopic (exact) mass is 223 g/mol. The van der Waals surface area contributed by atoms with Crippen LogP contribution >= 0.6 is 0 Å². The van der Waals surface area contributed by atoms with Crippen molar-refractivity contribution >= 4 is 0 Å². The third-order valence-corrected chi connectivity index (χ3v) is 3.48. The molecule has 88 valence electrons. The summed E-state index contributed by atoms with van der Waals surface area (Å²) in [4.78, 5) is 0. The first-order valence-electron chi connectivity index (χ1n) is 5.74. The lowest BCUT2D eigenvalue weighted by Crippen LogP contribution is -2.22. The average molecular weight is 223 g/mol. The van der Waals surface area contributed by atoms with Gasteiger partial charge in [-0.15, -0.1) is 0 Å². The maximum Gasteiger partial charge on any atom is 0.165 e. The fraction of sp³-hybridized carbons (Fsp3) is 0.538. The summed E-state index contributed by atoms with van der Waals surface area (Å²) in [6.45, 7) is 2.16. The van der Waals surface area contributed by atoms with Crippen molar-refractivity contribution in [2.45, 2.75) is 31.7 Å². The number of methoxy groups -OCH3 is 1. The second kappa shape index (κ2) is 4.06. The van der Waals surface area contributed by atoms with E-state index >= 15 is 0 Å². The summed E-state index contributed by atoms with van der Waals surface area (Å²) >= 11 is 0. The van der Waals surface area contributed by atoms with Gasteiger partial charge in [0.2, 0.25) is 0 Å². The van der Waals surface area contributed by atoms with Crippen LogP contribution in [0.25, 0.3) is 0 Å². The standard InChI is InChI=1S/C13H18FNO/c1-3-4-10-8-13(10,15)9-5-6-11(14)12(7-9)16-2/h5-7,10H,3-4,8,15H2,1-2H3. The molecule has 2 N–H and O–H groups in total. The molecule has 1 aromatic carbocycles. The van der Waals surface area contributed by atoms with E-state index in [-0.39, 0.29) is 17.1 Å². The van der Waals surface area contributed by atoms with E-state index in [9.17, 15) is 4.39 Å². The fourth-order valence-electron chi connectivity index (χ4n) is 2.36. The first-order chi connectivity index (χ1) is 7.61. The Balaban J connectivity index is 2.22. The van der Waals surface area contributed by atoms with Crippen LogP contribution in [0.2, 0.25) is 0 Å². The van der Waals surface area contributed by atoms with E-state index in [0.717, 1.165) is 24.8 Å². The molecule has 16 heavy (non-hydrogen) atoms. The molecule has 0 saturated heterocycles. The quantitative estimate of drug-likeness (QED) is 0.851. The van der Waals surface area contributed by atoms with Crippen molar-refractivity contribution in [3.8, 4) is 5.75 Å². The molecule has 0 heterocycles. The third kappa shape index (κ3) is 1.80. The van der Waals surface area contributed by atoms with Gasteiger partial charge in [-0.3, -0.25) is 0 Å². The molecule has 0 radical (unpaired) electrons. The van der Waals surface area contributed by atoms with Crippen LogP contribution in [-0.4, -0.2) is 7.11 Å². The maximum atomic E-state index is 13.3. The van der Waals surface area contributed by atoms with Gasteiger partial charge in [-0.1, -0.05) is 19.4 Å². The highest BCUT2D eigenvalue weighted by Crippen LogP contribution is 2.52. The minimum absolute atomic E-state index is 0.253. The number of rotatable bonds is 4. The van der Waals surface area contributed by atoms with Crippen molar-refractivity contribution in [2.75, 3.05) is 7.11 Å². The summed E-state index contributed by atoms with van der Waals surface area (Å²) in [5.41, 5.74) is 7.03. The number of hydrogen-bond acceptors (Lipinski definition) is 2. The van der Waals surface area contributed by atoms with Gasteiger partial charge in [-0.25, -0.2) is 4.39 Å². The molecule has 0 spiro atoms. The van der Waals surface area contributed by atoms with Gasteiger partial charge in [0.25, 0.3) is 0 Å². The molecular formula is C13H18FNO. The van der Waals surface area contributed by atoms with Crippen LogP contribution in [0, 0.1) is 11.7 Å². The van der Waals surface area contributed by atoms with Crippen molar-refractivity contribution in [3.05, 3.63) is 29.6 Å². The van der Waals surface area contributed by atoms with Gasteiger partial charge in [-0.2, -0.15) is 0 Å². The predicted octanol–water partition coefficient (Wildman–Crippen LogP) is 2.81. The van der Waals surface area contributed by atoms with Crippen LogP contribution in [0.15, 0.2) is 18.2 Å². The van der Waals surface area contributed by atoms with Crippen LogP contribution in [0.4, 0.5) is 4.39 Å². The Morgan fingerprint density at radius 3 is 2.94 bits per heavy atom. The zero-order chi connectivity index (χ0) is 11.8. The van der Waals surface area contributed by atoms with Crippen LogP contribution in [0.5, 0.6) is 5.75 Å². The molecule has 0 aliphatic heterocycles. The molecule has 1 aromatic rings. The van der Waals surface area contributed by atoms with Crippen LogP contribution in [-0.2, 0) is 5.54 Å². The molecule has 3 heteroatoms. The zero-order valence-electron chi connectivity index (χ0n) is 9.79. The second-order valence-corrected chi connectivity index (χ2v) is 4.58. The van der Waals surface area contributed by atoms with Crippen molar-refractivity contribution in [1.82, 2.24) is 0 Å². The highest BCUT2D eigenvalue weighted by Gasteiger charge is 2.51. The van der Waals surface area contributed by atoms with Gasteiger partial charge in [0.05, 0.1) is 7.11 Å². The Hall–Kier alpha value is -1.09. The summed E-state index contributed by atoms with van der Waals surface area (Å²) in [6, 6.07) is 4.93. The Kier molecular flexibility index (Phi) is 2.89. The van der Waals surface area contributed by atoms with E-state index in [1.807, 2.05) is 0 Å². The van der Waals surface area contributed by atoms with Gasteiger partial charge < -0.3 is 10.5 Å². The summed E-state index contributed by atoms with van der Waals surface area (Å²) < 4.78 is 18.2. The topological polar surface area (TPSA) is 35.2 Å². The highest BCUT2D eigenvalue weighted by molar-refractivity contribution is 5.38. The third-order valence-electron chi connectivity index (χ3n) is 3.48. The summed E-state index contributed by atoms with van der Waals surface area (Å²) in [7, 11) is 1.47. The van der Waals surface area contributed by atoms with Gasteiger partial charge in [-0.05, 0) is 36.5 Å². The molecule has 1 saturated carbocycles. The van der Waals surface area contributed by atoms with Gasteiger partial charge in [0.1, 0.15) is 0 Å². The zero-order valence-corrected chi connectivity index (χ0v) is 9.79. The number of halogens is 1. The Bertz CT molecular complexity index is 394. The summed E-state index contributed by atoms with van der Waals surface area (Å²) in [5.74, 6) is 0.486. The SMILES string of the molecule is CCCC1CC1(N)c1ccc(F)c(OC)c1. The van der Waals surface area contributed by atoms with Gasteiger partial charge in [0.15, 0.2) is 11.6 Å². The van der Waals surface area contributed by atoms with E-state index in [2.05, 4.69) is 6.92 Å². The molecule has 2 rings (SSSR count). The summed E-state index contributed by atoms with van der Waals surface area (Å²) in [6.07, 6.45) is 3.27. The van der Waals surface area contributed by atoms with Crippen molar-refractivity contribution in [1.29, 1.82) is 0 Å². The van der Waals surface area contributed by atoms with E-state index < -0.39 is 0 Å². The van der Waals surface area contributed by atoms with Crippen molar-refractivity contribution in [3.63, 3.8) is 0 Å². The van der Waals surface area contributed by atoms with E-state index in [1.54, 1.807) is 12.1 Å². The lowest BCUT2D eigenvalue weighted by molar-refractivity contribution is 0.385. The number of hydrogen-bond donors (Lipinski definition) is 1. The van der Waals surface area contributed by atoms with Crippen LogP contribution in [0.3, 0.4) is 0 Å². The molecule has 0 amide bonds. The molecule has 0 bridgehead atoms. The molecular weight excluding hydrogens is 205 g/mol. The molecule has 2 unspecified atom stereocenters. The second-order valence-electron chi connectivity index (χ2n) is 4.58. The lowest BCUT2D eigenvalue weighted by Gasteiger charge is -2.13. The molecule has 2 nitrogen and oxygen atoms in total. The number of nitrogens with two attached hydrogens (primary N) is 1. The number of ether oxygens (including phenoxy) is 1. The minimum Gasteiger partial charge on any atom is -0.494 e. The Labute approximate surface area is 95.6 Å². The smallest absolute Gasteiger partial charge is 0.165 e. The molecule has 0 aromatic heterocycles. The lowest BCUT2D eigenvalue weighted by atomic mass is 10.0. The van der Waals surface area contributed by atoms with Crippen LogP contribution in [0.1, 0.15) is 31.7 Å². The minimum atomic E-state index is -0.331. The Morgan fingerprint density at radius 2 is 2.31 bits per heavy atom. The normalized spacial score (nSPS) is 27.9. The molecule has 2 atom stereocenters. The largest absolute Gasteiger partial charge is 0.494 e.